The zero-order valence-electron chi connectivity index (χ0n) is 14.4. The number of ether oxygens (including phenoxy) is 1. The molecule has 2 aromatic rings. The van der Waals surface area contributed by atoms with E-state index in [1.807, 2.05) is 36.1 Å². The minimum Gasteiger partial charge on any atom is -0.497 e. The van der Waals surface area contributed by atoms with Crippen LogP contribution in [0.4, 0.5) is 0 Å². The van der Waals surface area contributed by atoms with Crippen LogP contribution < -0.4 is 4.74 Å². The lowest BCUT2D eigenvalue weighted by Gasteiger charge is -2.39. The normalized spacial score (nSPS) is 18.5. The third-order valence-electron chi connectivity index (χ3n) is 4.59. The van der Waals surface area contributed by atoms with Gasteiger partial charge in [-0.3, -0.25) is 14.7 Å². The molecule has 0 radical (unpaired) electrons. The molecule has 1 aromatic heterocycles. The molecule has 1 fully saturated rings. The number of carbonyl (C=O) groups is 1. The second-order valence-electron chi connectivity index (χ2n) is 6.21. The fourth-order valence-corrected chi connectivity index (χ4v) is 3.02. The first kappa shape index (κ1) is 16.5. The summed E-state index contributed by atoms with van der Waals surface area (Å²) >= 11 is 0. The Hall–Kier alpha value is -2.40. The third kappa shape index (κ3) is 3.41. The van der Waals surface area contributed by atoms with Crippen LogP contribution in [0.15, 0.2) is 42.6 Å². The smallest absolute Gasteiger partial charge is 0.255 e. The molecular formula is C19H23N3O2. The van der Waals surface area contributed by atoms with Gasteiger partial charge >= 0.3 is 0 Å². The van der Waals surface area contributed by atoms with Gasteiger partial charge in [0.2, 0.25) is 0 Å². The van der Waals surface area contributed by atoms with E-state index < -0.39 is 0 Å². The molecule has 0 spiro atoms. The molecule has 5 nitrogen and oxygen atoms in total. The standard InChI is InChI=1S/C19H23N3O2/c1-14-4-5-16(12-20-14)19(23)22-11-10-21(2)18(13-22)15-6-8-17(24-3)9-7-15/h4-9,12,18H,10-11,13H2,1-3H3. The maximum absolute atomic E-state index is 12.7. The van der Waals surface area contributed by atoms with Crippen LogP contribution in [0.25, 0.3) is 0 Å². The van der Waals surface area contributed by atoms with E-state index in [1.54, 1.807) is 13.3 Å². The average molecular weight is 325 g/mol. The minimum absolute atomic E-state index is 0.0501. The predicted octanol–water partition coefficient (Wildman–Crippen LogP) is 2.53. The quantitative estimate of drug-likeness (QED) is 0.870. The van der Waals surface area contributed by atoms with E-state index >= 15 is 0 Å². The van der Waals surface area contributed by atoms with Crippen LogP contribution in [0, 0.1) is 6.92 Å². The third-order valence-corrected chi connectivity index (χ3v) is 4.59. The number of piperazine rings is 1. The monoisotopic (exact) mass is 325 g/mol. The van der Waals surface area contributed by atoms with Gasteiger partial charge in [0.15, 0.2) is 0 Å². The van der Waals surface area contributed by atoms with Gasteiger partial charge in [-0.25, -0.2) is 0 Å². The van der Waals surface area contributed by atoms with E-state index in [4.69, 9.17) is 4.74 Å². The van der Waals surface area contributed by atoms with Crippen molar-refractivity contribution in [2.45, 2.75) is 13.0 Å². The number of likely N-dealkylation sites (N-methyl/N-ethyl adjacent to an activating group) is 1. The summed E-state index contributed by atoms with van der Waals surface area (Å²) in [5.74, 6) is 0.894. The van der Waals surface area contributed by atoms with Crippen molar-refractivity contribution in [2.24, 2.45) is 0 Å². The number of hydrogen-bond donors (Lipinski definition) is 0. The molecule has 2 heterocycles. The number of pyridine rings is 1. The molecule has 1 atom stereocenters. The van der Waals surface area contributed by atoms with E-state index in [9.17, 15) is 4.79 Å². The van der Waals surface area contributed by atoms with Crippen LogP contribution in [0.1, 0.15) is 27.7 Å². The van der Waals surface area contributed by atoms with Crippen molar-refractivity contribution in [3.63, 3.8) is 0 Å². The van der Waals surface area contributed by atoms with E-state index in [1.165, 1.54) is 5.56 Å². The van der Waals surface area contributed by atoms with Gasteiger partial charge in [-0.1, -0.05) is 12.1 Å². The minimum atomic E-state index is 0.0501. The van der Waals surface area contributed by atoms with Crippen molar-refractivity contribution in [1.29, 1.82) is 0 Å². The molecule has 24 heavy (non-hydrogen) atoms. The Morgan fingerprint density at radius 1 is 1.17 bits per heavy atom. The maximum atomic E-state index is 12.7. The Morgan fingerprint density at radius 3 is 2.54 bits per heavy atom. The number of hydrogen-bond acceptors (Lipinski definition) is 4. The second kappa shape index (κ2) is 7.01. The Bertz CT molecular complexity index is 698. The van der Waals surface area contributed by atoms with Crippen LogP contribution in [0.2, 0.25) is 0 Å². The Balaban J connectivity index is 1.77. The second-order valence-corrected chi connectivity index (χ2v) is 6.21. The van der Waals surface area contributed by atoms with Crippen LogP contribution >= 0.6 is 0 Å². The van der Waals surface area contributed by atoms with Crippen LogP contribution in [0.3, 0.4) is 0 Å². The number of nitrogens with zero attached hydrogens (tertiary/aromatic N) is 3. The summed E-state index contributed by atoms with van der Waals surface area (Å²) in [6, 6.07) is 12.0. The summed E-state index contributed by atoms with van der Waals surface area (Å²) in [5.41, 5.74) is 2.76. The molecule has 0 saturated carbocycles. The molecular weight excluding hydrogens is 302 g/mol. The summed E-state index contributed by atoms with van der Waals surface area (Å²) in [7, 11) is 3.77. The van der Waals surface area contributed by atoms with Gasteiger partial charge in [0.1, 0.15) is 5.75 Å². The van der Waals surface area contributed by atoms with Crippen molar-refractivity contribution in [3.8, 4) is 5.75 Å². The van der Waals surface area contributed by atoms with E-state index in [0.717, 1.165) is 24.5 Å². The van der Waals surface area contributed by atoms with E-state index in [-0.39, 0.29) is 11.9 Å². The fraction of sp³-hybridized carbons (Fsp3) is 0.368. The van der Waals surface area contributed by atoms with Crippen LogP contribution in [0.5, 0.6) is 5.75 Å². The average Bonchev–Trinajstić information content (AvgIpc) is 2.62. The lowest BCUT2D eigenvalue weighted by Crippen LogP contribution is -2.49. The number of aryl methyl sites for hydroxylation is 1. The first-order valence-corrected chi connectivity index (χ1v) is 8.14. The molecule has 1 aliphatic rings. The zero-order chi connectivity index (χ0) is 17.1. The van der Waals surface area contributed by atoms with Gasteiger partial charge in [-0.2, -0.15) is 0 Å². The zero-order valence-corrected chi connectivity index (χ0v) is 14.4. The van der Waals surface area contributed by atoms with Gasteiger partial charge in [-0.05, 0) is 43.8 Å². The summed E-state index contributed by atoms with van der Waals surface area (Å²) in [6.45, 7) is 4.18. The molecule has 5 heteroatoms. The molecule has 1 saturated heterocycles. The summed E-state index contributed by atoms with van der Waals surface area (Å²) in [4.78, 5) is 21.2. The Labute approximate surface area is 142 Å². The highest BCUT2D eigenvalue weighted by Gasteiger charge is 2.29. The molecule has 126 valence electrons. The number of carbonyl (C=O) groups excluding carboxylic acids is 1. The van der Waals surface area contributed by atoms with Gasteiger partial charge in [-0.15, -0.1) is 0 Å². The first-order valence-electron chi connectivity index (χ1n) is 8.14. The van der Waals surface area contributed by atoms with E-state index in [0.29, 0.717) is 12.1 Å². The molecule has 0 bridgehead atoms. The summed E-state index contributed by atoms with van der Waals surface area (Å²) < 4.78 is 5.23. The number of aromatic nitrogens is 1. The maximum Gasteiger partial charge on any atom is 0.255 e. The highest BCUT2D eigenvalue weighted by atomic mass is 16.5. The summed E-state index contributed by atoms with van der Waals surface area (Å²) in [6.07, 6.45) is 1.67. The van der Waals surface area contributed by atoms with Crippen molar-refractivity contribution < 1.29 is 9.53 Å². The molecule has 0 N–H and O–H groups in total. The fourth-order valence-electron chi connectivity index (χ4n) is 3.02. The Kier molecular flexibility index (Phi) is 4.81. The number of amides is 1. The SMILES string of the molecule is COc1ccc(C2CN(C(=O)c3ccc(C)nc3)CCN2C)cc1. The number of methoxy groups -OCH3 is 1. The van der Waals surface area contributed by atoms with Crippen molar-refractivity contribution in [2.75, 3.05) is 33.8 Å². The van der Waals surface area contributed by atoms with Gasteiger partial charge in [0.05, 0.1) is 18.7 Å². The number of benzene rings is 1. The first-order chi connectivity index (χ1) is 11.6. The molecule has 1 aromatic carbocycles. The van der Waals surface area contributed by atoms with Crippen molar-refractivity contribution in [3.05, 3.63) is 59.4 Å². The molecule has 1 amide bonds. The lowest BCUT2D eigenvalue weighted by molar-refractivity contribution is 0.0545. The van der Waals surface area contributed by atoms with Gasteiger partial charge in [0, 0.05) is 31.5 Å². The topological polar surface area (TPSA) is 45.7 Å². The molecule has 1 unspecified atom stereocenters. The van der Waals surface area contributed by atoms with Crippen molar-refractivity contribution >= 4 is 5.91 Å². The van der Waals surface area contributed by atoms with Gasteiger partial charge in [0.25, 0.3) is 5.91 Å². The predicted molar refractivity (Wildman–Crippen MR) is 93.2 cm³/mol. The van der Waals surface area contributed by atoms with Crippen LogP contribution in [-0.2, 0) is 0 Å². The van der Waals surface area contributed by atoms with Gasteiger partial charge < -0.3 is 9.64 Å². The Morgan fingerprint density at radius 2 is 1.92 bits per heavy atom. The highest BCUT2D eigenvalue weighted by molar-refractivity contribution is 5.94. The highest BCUT2D eigenvalue weighted by Crippen LogP contribution is 2.26. The van der Waals surface area contributed by atoms with E-state index in [2.05, 4.69) is 29.1 Å². The molecule has 0 aliphatic carbocycles. The van der Waals surface area contributed by atoms with Crippen molar-refractivity contribution in [1.82, 2.24) is 14.8 Å². The molecule has 1 aliphatic heterocycles. The lowest BCUT2D eigenvalue weighted by atomic mass is 10.0. The molecule has 3 rings (SSSR count). The summed E-state index contributed by atoms with van der Waals surface area (Å²) in [5, 5.41) is 0. The van der Waals surface area contributed by atoms with Crippen LogP contribution in [-0.4, -0.2) is 54.5 Å². The number of rotatable bonds is 3. The largest absolute Gasteiger partial charge is 0.497 e.